The third-order valence-corrected chi connectivity index (χ3v) is 7.63. The van der Waals surface area contributed by atoms with Crippen LogP contribution >= 0.6 is 0 Å². The van der Waals surface area contributed by atoms with Gasteiger partial charge in [-0.25, -0.2) is 14.8 Å². The van der Waals surface area contributed by atoms with Crippen molar-refractivity contribution in [2.75, 3.05) is 10.6 Å². The molecule has 176 valence electrons. The number of nitrogens with one attached hydrogen (secondary N) is 3. The summed E-state index contributed by atoms with van der Waals surface area (Å²) in [4.78, 5) is 54.8. The number of rotatable bonds is 2. The van der Waals surface area contributed by atoms with Gasteiger partial charge in [-0.05, 0) is 42.2 Å². The molecule has 0 bridgehead atoms. The first-order valence-corrected chi connectivity index (χ1v) is 11.6. The summed E-state index contributed by atoms with van der Waals surface area (Å²) in [5.74, 6) is 1.01. The predicted molar refractivity (Wildman–Crippen MR) is 130 cm³/mol. The number of carbonyl (C=O) groups excluding carboxylic acids is 2. The van der Waals surface area contributed by atoms with Crippen molar-refractivity contribution < 1.29 is 9.59 Å². The molecule has 0 saturated heterocycles. The summed E-state index contributed by atoms with van der Waals surface area (Å²) >= 11 is 0. The Labute approximate surface area is 202 Å². The Morgan fingerprint density at radius 3 is 2.81 bits per heavy atom. The van der Waals surface area contributed by atoms with Crippen molar-refractivity contribution in [2.24, 2.45) is 0 Å². The first-order chi connectivity index (χ1) is 17.5. The molecule has 2 aliphatic heterocycles. The molecule has 1 aliphatic carbocycles. The van der Waals surface area contributed by atoms with Crippen LogP contribution < -0.4 is 16.3 Å². The van der Waals surface area contributed by atoms with E-state index >= 15 is 0 Å². The van der Waals surface area contributed by atoms with Gasteiger partial charge in [0.05, 0.1) is 52.1 Å². The van der Waals surface area contributed by atoms with Crippen molar-refractivity contribution in [3.05, 3.63) is 75.9 Å². The average molecular weight is 478 g/mol. The number of aromatic amines is 1. The molecule has 5 aromatic rings. The maximum Gasteiger partial charge on any atom is 0.330 e. The van der Waals surface area contributed by atoms with Gasteiger partial charge in [-0.2, -0.15) is 0 Å². The lowest BCUT2D eigenvalue weighted by atomic mass is 9.79. The largest absolute Gasteiger partial charge is 0.340 e. The fraction of sp³-hybridized carbons (Fsp3) is 0.200. The molecule has 11 heteroatoms. The second-order valence-electron chi connectivity index (χ2n) is 9.67. The van der Waals surface area contributed by atoms with Crippen LogP contribution in [-0.2, 0) is 40.9 Å². The lowest BCUT2D eigenvalue weighted by Gasteiger charge is -2.20. The van der Waals surface area contributed by atoms with E-state index < -0.39 is 5.41 Å². The van der Waals surface area contributed by atoms with Crippen molar-refractivity contribution in [2.45, 2.75) is 31.3 Å². The Bertz CT molecular complexity index is 1830. The molecule has 2 amide bonds. The van der Waals surface area contributed by atoms with E-state index in [2.05, 4.69) is 31.7 Å². The smallest absolute Gasteiger partial charge is 0.330 e. The molecule has 11 nitrogen and oxygen atoms in total. The van der Waals surface area contributed by atoms with Crippen LogP contribution in [0.4, 0.5) is 11.5 Å². The van der Waals surface area contributed by atoms with Gasteiger partial charge in [0.25, 0.3) is 0 Å². The molecule has 1 atom stereocenters. The van der Waals surface area contributed by atoms with Gasteiger partial charge in [0.2, 0.25) is 11.8 Å². The van der Waals surface area contributed by atoms with Crippen molar-refractivity contribution in [1.82, 2.24) is 29.1 Å². The van der Waals surface area contributed by atoms with Gasteiger partial charge in [-0.3, -0.25) is 23.7 Å². The van der Waals surface area contributed by atoms with E-state index in [9.17, 15) is 14.4 Å². The molecular weight excluding hydrogens is 460 g/mol. The molecule has 0 fully saturated rings. The third-order valence-electron chi connectivity index (χ3n) is 7.63. The number of hydrogen-bond acceptors (Lipinski definition) is 6. The van der Waals surface area contributed by atoms with Crippen LogP contribution in [0.25, 0.3) is 22.1 Å². The van der Waals surface area contributed by atoms with Crippen LogP contribution in [0.1, 0.15) is 22.5 Å². The SMILES string of the molecule is O=C1Cn2c(=O)n(Cc3nc4cc5c(cc4[nH]3)CC3(C5)C(=O)Nc4ncccc43)c3cncc(c32)N1. The number of anilines is 2. The van der Waals surface area contributed by atoms with Crippen LogP contribution in [-0.4, -0.2) is 40.9 Å². The number of imidazole rings is 2. The maximum absolute atomic E-state index is 13.1. The zero-order chi connectivity index (χ0) is 24.2. The van der Waals surface area contributed by atoms with Crippen molar-refractivity contribution in [3.8, 4) is 0 Å². The number of fused-ring (bicyclic) bond motifs is 4. The quantitative estimate of drug-likeness (QED) is 0.351. The average Bonchev–Trinajstić information content (AvgIpc) is 3.58. The zero-order valence-electron chi connectivity index (χ0n) is 18.8. The Hall–Kier alpha value is -4.80. The van der Waals surface area contributed by atoms with E-state index in [1.54, 1.807) is 23.2 Å². The van der Waals surface area contributed by atoms with Crippen molar-refractivity contribution in [3.63, 3.8) is 0 Å². The van der Waals surface area contributed by atoms with Gasteiger partial charge < -0.3 is 15.6 Å². The van der Waals surface area contributed by atoms with Gasteiger partial charge in [-0.15, -0.1) is 0 Å². The minimum absolute atomic E-state index is 0.0150. The molecule has 1 spiro atoms. The molecule has 3 N–H and O–H groups in total. The normalized spacial score (nSPS) is 17.0. The highest BCUT2D eigenvalue weighted by atomic mass is 16.2. The lowest BCUT2D eigenvalue weighted by Crippen LogP contribution is -2.35. The highest BCUT2D eigenvalue weighted by molar-refractivity contribution is 6.06. The second-order valence-corrected chi connectivity index (χ2v) is 9.67. The summed E-state index contributed by atoms with van der Waals surface area (Å²) in [6.45, 7) is 0.187. The summed E-state index contributed by atoms with van der Waals surface area (Å²) in [5, 5.41) is 5.71. The molecule has 8 rings (SSSR count). The molecule has 0 saturated carbocycles. The van der Waals surface area contributed by atoms with Gasteiger partial charge in [0, 0.05) is 11.8 Å². The number of carbonyl (C=O) groups is 2. The first kappa shape index (κ1) is 19.5. The standard InChI is InChI=1S/C25H18N8O3/c34-20-11-33-21-17(30-20)8-26-9-18(21)32(24(33)36)10-19-28-15-4-12-6-25(7-13(12)5-16(15)29-19)14-2-1-3-27-22(14)31-23(25)35/h1-5,8-9H,6-7,10-11H2,(H,28,29)(H,30,34)(H,27,31,35). The number of pyridine rings is 2. The molecule has 0 radical (unpaired) electrons. The van der Waals surface area contributed by atoms with Crippen LogP contribution in [0, 0.1) is 0 Å². The number of H-pyrrole nitrogens is 1. The van der Waals surface area contributed by atoms with Crippen LogP contribution in [0.15, 0.2) is 47.7 Å². The molecular formula is C25H18N8O3. The van der Waals surface area contributed by atoms with Crippen molar-refractivity contribution in [1.29, 1.82) is 0 Å². The highest BCUT2D eigenvalue weighted by Gasteiger charge is 2.51. The fourth-order valence-corrected chi connectivity index (χ4v) is 6.05. The second kappa shape index (κ2) is 6.45. The van der Waals surface area contributed by atoms with Crippen LogP contribution in [0.2, 0.25) is 0 Å². The molecule has 36 heavy (non-hydrogen) atoms. The van der Waals surface area contributed by atoms with Gasteiger partial charge in [0.15, 0.2) is 0 Å². The summed E-state index contributed by atoms with van der Waals surface area (Å²) in [5.41, 5.74) is 5.68. The number of benzene rings is 1. The molecule has 3 aliphatic rings. The lowest BCUT2D eigenvalue weighted by molar-refractivity contribution is -0.120. The van der Waals surface area contributed by atoms with E-state index in [4.69, 9.17) is 4.98 Å². The highest BCUT2D eigenvalue weighted by Crippen LogP contribution is 2.47. The van der Waals surface area contributed by atoms with E-state index in [0.717, 1.165) is 27.7 Å². The van der Waals surface area contributed by atoms with Crippen LogP contribution in [0.5, 0.6) is 0 Å². The molecule has 6 heterocycles. The number of aromatic nitrogens is 6. The van der Waals surface area contributed by atoms with E-state index in [1.165, 1.54) is 4.57 Å². The molecule has 1 unspecified atom stereocenters. The predicted octanol–water partition coefficient (Wildman–Crippen LogP) is 1.46. The van der Waals surface area contributed by atoms with Gasteiger partial charge in [-0.1, -0.05) is 6.07 Å². The third kappa shape index (κ3) is 2.41. The van der Waals surface area contributed by atoms with E-state index in [0.29, 0.717) is 41.2 Å². The summed E-state index contributed by atoms with van der Waals surface area (Å²) < 4.78 is 3.06. The maximum atomic E-state index is 13.1. The summed E-state index contributed by atoms with van der Waals surface area (Å²) in [6.07, 6.45) is 6.05. The van der Waals surface area contributed by atoms with Gasteiger partial charge in [0.1, 0.15) is 18.2 Å². The topological polar surface area (TPSA) is 140 Å². The Morgan fingerprint density at radius 2 is 1.92 bits per heavy atom. The zero-order valence-corrected chi connectivity index (χ0v) is 18.8. The Morgan fingerprint density at radius 1 is 1.06 bits per heavy atom. The fourth-order valence-electron chi connectivity index (χ4n) is 6.05. The summed E-state index contributed by atoms with van der Waals surface area (Å²) in [6, 6.07) is 7.93. The minimum atomic E-state index is -0.634. The first-order valence-electron chi connectivity index (χ1n) is 11.6. The molecule has 1 aromatic carbocycles. The van der Waals surface area contributed by atoms with Gasteiger partial charge >= 0.3 is 5.69 Å². The number of amides is 2. The number of hydrogen-bond donors (Lipinski definition) is 3. The Kier molecular flexibility index (Phi) is 3.49. The van der Waals surface area contributed by atoms with E-state index in [-0.39, 0.29) is 30.6 Å². The monoisotopic (exact) mass is 478 g/mol. The minimum Gasteiger partial charge on any atom is -0.340 e. The van der Waals surface area contributed by atoms with Crippen molar-refractivity contribution >= 4 is 45.4 Å². The number of nitrogens with zero attached hydrogens (tertiary/aromatic N) is 5. The molecule has 4 aromatic heterocycles. The van der Waals surface area contributed by atoms with Crippen LogP contribution in [0.3, 0.4) is 0 Å². The van der Waals surface area contributed by atoms with E-state index in [1.807, 2.05) is 18.2 Å². The summed E-state index contributed by atoms with van der Waals surface area (Å²) in [7, 11) is 0. The Balaban J connectivity index is 1.18.